The second kappa shape index (κ2) is 3.32. The zero-order chi connectivity index (χ0) is 9.26. The normalized spacial score (nSPS) is 13.0. The quantitative estimate of drug-likeness (QED) is 0.722. The minimum atomic E-state index is -0.0571. The highest BCUT2D eigenvalue weighted by atomic mass is 32.1. The minimum Gasteiger partial charge on any atom is -0.321 e. The summed E-state index contributed by atoms with van der Waals surface area (Å²) in [4.78, 5) is 0. The third kappa shape index (κ3) is 1.39. The van der Waals surface area contributed by atoms with Crippen molar-refractivity contribution in [3.63, 3.8) is 0 Å². The standard InChI is InChI=1S/C11H11NS/c1-2-10(12)8-4-3-5-11-9(8)6-7-13-11/h2-7,10H,1,12H2/t10-/m1/s1. The van der Waals surface area contributed by atoms with E-state index in [9.17, 15) is 0 Å². The van der Waals surface area contributed by atoms with Gasteiger partial charge in [-0.25, -0.2) is 0 Å². The van der Waals surface area contributed by atoms with Crippen LogP contribution in [0.3, 0.4) is 0 Å². The average molecular weight is 189 g/mol. The molecule has 1 aromatic heterocycles. The van der Waals surface area contributed by atoms with Crippen LogP contribution in [0.25, 0.3) is 10.1 Å². The number of hydrogen-bond acceptors (Lipinski definition) is 2. The number of rotatable bonds is 2. The molecule has 1 atom stereocenters. The van der Waals surface area contributed by atoms with Crippen molar-refractivity contribution < 1.29 is 0 Å². The monoisotopic (exact) mass is 189 g/mol. The van der Waals surface area contributed by atoms with Gasteiger partial charge in [-0.15, -0.1) is 17.9 Å². The van der Waals surface area contributed by atoms with Crippen LogP contribution in [0.4, 0.5) is 0 Å². The number of thiophene rings is 1. The third-order valence-corrected chi connectivity index (χ3v) is 3.02. The Morgan fingerprint density at radius 1 is 1.38 bits per heavy atom. The van der Waals surface area contributed by atoms with Crippen LogP contribution in [0.2, 0.25) is 0 Å². The summed E-state index contributed by atoms with van der Waals surface area (Å²) in [5, 5.41) is 3.34. The van der Waals surface area contributed by atoms with Gasteiger partial charge in [0.05, 0.1) is 0 Å². The first kappa shape index (κ1) is 8.48. The first-order chi connectivity index (χ1) is 6.33. The van der Waals surface area contributed by atoms with Crippen molar-refractivity contribution in [2.45, 2.75) is 6.04 Å². The van der Waals surface area contributed by atoms with E-state index in [2.05, 4.69) is 30.2 Å². The maximum atomic E-state index is 5.91. The fourth-order valence-electron chi connectivity index (χ4n) is 1.44. The van der Waals surface area contributed by atoms with Crippen molar-refractivity contribution in [1.29, 1.82) is 0 Å². The van der Waals surface area contributed by atoms with Crippen molar-refractivity contribution in [2.75, 3.05) is 0 Å². The highest BCUT2D eigenvalue weighted by Crippen LogP contribution is 2.27. The van der Waals surface area contributed by atoms with E-state index in [1.807, 2.05) is 6.07 Å². The molecule has 0 unspecified atom stereocenters. The number of fused-ring (bicyclic) bond motifs is 1. The molecule has 0 saturated heterocycles. The molecule has 0 aliphatic heterocycles. The van der Waals surface area contributed by atoms with Gasteiger partial charge < -0.3 is 5.73 Å². The van der Waals surface area contributed by atoms with E-state index in [0.29, 0.717) is 0 Å². The van der Waals surface area contributed by atoms with Gasteiger partial charge in [-0.05, 0) is 28.5 Å². The first-order valence-corrected chi connectivity index (χ1v) is 5.05. The molecule has 0 fully saturated rings. The summed E-state index contributed by atoms with van der Waals surface area (Å²) >= 11 is 1.74. The molecule has 2 N–H and O–H groups in total. The van der Waals surface area contributed by atoms with Gasteiger partial charge in [0.1, 0.15) is 0 Å². The van der Waals surface area contributed by atoms with Crippen LogP contribution < -0.4 is 5.73 Å². The topological polar surface area (TPSA) is 26.0 Å². The van der Waals surface area contributed by atoms with Crippen LogP contribution in [-0.4, -0.2) is 0 Å². The summed E-state index contributed by atoms with van der Waals surface area (Å²) in [7, 11) is 0. The molecule has 66 valence electrons. The van der Waals surface area contributed by atoms with E-state index < -0.39 is 0 Å². The van der Waals surface area contributed by atoms with Gasteiger partial charge >= 0.3 is 0 Å². The van der Waals surface area contributed by atoms with Crippen LogP contribution in [-0.2, 0) is 0 Å². The Labute approximate surface area is 81.5 Å². The molecule has 2 heteroatoms. The van der Waals surface area contributed by atoms with Gasteiger partial charge in [0.2, 0.25) is 0 Å². The summed E-state index contributed by atoms with van der Waals surface area (Å²) < 4.78 is 1.29. The van der Waals surface area contributed by atoms with E-state index >= 15 is 0 Å². The minimum absolute atomic E-state index is 0.0571. The van der Waals surface area contributed by atoms with E-state index in [-0.39, 0.29) is 6.04 Å². The van der Waals surface area contributed by atoms with Crippen molar-refractivity contribution in [3.05, 3.63) is 47.9 Å². The predicted molar refractivity (Wildman–Crippen MR) is 59.0 cm³/mol. The Bertz CT molecular complexity index is 430. The molecule has 0 aliphatic carbocycles. The third-order valence-electron chi connectivity index (χ3n) is 2.14. The Morgan fingerprint density at radius 2 is 2.23 bits per heavy atom. The fraction of sp³-hybridized carbons (Fsp3) is 0.0909. The van der Waals surface area contributed by atoms with Gasteiger partial charge in [-0.3, -0.25) is 0 Å². The molecule has 0 radical (unpaired) electrons. The highest BCUT2D eigenvalue weighted by molar-refractivity contribution is 7.17. The van der Waals surface area contributed by atoms with Crippen molar-refractivity contribution in [2.24, 2.45) is 5.73 Å². The number of nitrogens with two attached hydrogens (primary N) is 1. The lowest BCUT2D eigenvalue weighted by Crippen LogP contribution is -2.06. The molecule has 1 aromatic carbocycles. The summed E-state index contributed by atoms with van der Waals surface area (Å²) in [6.45, 7) is 3.71. The zero-order valence-corrected chi connectivity index (χ0v) is 8.05. The Balaban J connectivity index is 2.67. The summed E-state index contributed by atoms with van der Waals surface area (Å²) in [5.74, 6) is 0. The number of hydrogen-bond donors (Lipinski definition) is 1. The number of benzene rings is 1. The average Bonchev–Trinajstić information content (AvgIpc) is 2.63. The second-order valence-corrected chi connectivity index (χ2v) is 3.89. The van der Waals surface area contributed by atoms with Gasteiger partial charge in [-0.2, -0.15) is 0 Å². The molecular weight excluding hydrogens is 178 g/mol. The molecule has 0 spiro atoms. The molecule has 0 saturated carbocycles. The fourth-order valence-corrected chi connectivity index (χ4v) is 2.26. The predicted octanol–water partition coefficient (Wildman–Crippen LogP) is 3.09. The largest absolute Gasteiger partial charge is 0.321 e. The van der Waals surface area contributed by atoms with Crippen molar-refractivity contribution in [3.8, 4) is 0 Å². The summed E-state index contributed by atoms with van der Waals surface area (Å²) in [6.07, 6.45) is 1.77. The maximum absolute atomic E-state index is 5.91. The van der Waals surface area contributed by atoms with Crippen LogP contribution >= 0.6 is 11.3 Å². The van der Waals surface area contributed by atoms with Gasteiger partial charge in [0.15, 0.2) is 0 Å². The maximum Gasteiger partial charge on any atom is 0.0485 e. The van der Waals surface area contributed by atoms with Crippen molar-refractivity contribution >= 4 is 21.4 Å². The van der Waals surface area contributed by atoms with Crippen LogP contribution in [0.5, 0.6) is 0 Å². The molecule has 0 bridgehead atoms. The van der Waals surface area contributed by atoms with Crippen LogP contribution in [0, 0.1) is 0 Å². The van der Waals surface area contributed by atoms with Gasteiger partial charge in [0.25, 0.3) is 0 Å². The molecule has 13 heavy (non-hydrogen) atoms. The summed E-state index contributed by atoms with van der Waals surface area (Å²) in [5.41, 5.74) is 7.07. The van der Waals surface area contributed by atoms with E-state index in [1.54, 1.807) is 17.4 Å². The lowest BCUT2D eigenvalue weighted by molar-refractivity contribution is 0.926. The molecule has 2 aromatic rings. The first-order valence-electron chi connectivity index (χ1n) is 4.17. The lowest BCUT2D eigenvalue weighted by Gasteiger charge is -2.07. The molecular formula is C11H11NS. The molecule has 0 aliphatic rings. The SMILES string of the molecule is C=C[C@@H](N)c1cccc2sccc12. The van der Waals surface area contributed by atoms with Crippen LogP contribution in [0.1, 0.15) is 11.6 Å². The van der Waals surface area contributed by atoms with Crippen molar-refractivity contribution in [1.82, 2.24) is 0 Å². The van der Waals surface area contributed by atoms with Gasteiger partial charge in [-0.1, -0.05) is 18.2 Å². The molecule has 1 nitrogen and oxygen atoms in total. The lowest BCUT2D eigenvalue weighted by atomic mass is 10.0. The summed E-state index contributed by atoms with van der Waals surface area (Å²) in [6, 6.07) is 8.26. The smallest absolute Gasteiger partial charge is 0.0485 e. The molecule has 2 rings (SSSR count). The molecule has 0 amide bonds. The van der Waals surface area contributed by atoms with E-state index in [0.717, 1.165) is 5.56 Å². The zero-order valence-electron chi connectivity index (χ0n) is 7.23. The van der Waals surface area contributed by atoms with E-state index in [1.165, 1.54) is 10.1 Å². The van der Waals surface area contributed by atoms with E-state index in [4.69, 9.17) is 5.73 Å². The second-order valence-electron chi connectivity index (χ2n) is 2.94. The Hall–Kier alpha value is -1.12. The Morgan fingerprint density at radius 3 is 3.00 bits per heavy atom. The highest BCUT2D eigenvalue weighted by Gasteiger charge is 2.05. The Kier molecular flexibility index (Phi) is 2.17. The molecule has 1 heterocycles. The van der Waals surface area contributed by atoms with Crippen LogP contribution in [0.15, 0.2) is 42.3 Å². The van der Waals surface area contributed by atoms with Gasteiger partial charge in [0, 0.05) is 10.7 Å².